The second-order valence-corrected chi connectivity index (χ2v) is 9.47. The smallest absolute Gasteiger partial charge is 0.357 e. The molecule has 0 aliphatic carbocycles. The zero-order valence-corrected chi connectivity index (χ0v) is 21.7. The summed E-state index contributed by atoms with van der Waals surface area (Å²) in [5.74, 6) is -0.106. The van der Waals surface area contributed by atoms with Gasteiger partial charge in [-0.15, -0.1) is 21.5 Å². The van der Waals surface area contributed by atoms with Crippen molar-refractivity contribution in [2.45, 2.75) is 6.92 Å². The van der Waals surface area contributed by atoms with Gasteiger partial charge in [-0.05, 0) is 6.92 Å². The number of piperazine rings is 1. The van der Waals surface area contributed by atoms with Crippen molar-refractivity contribution in [2.75, 3.05) is 49.5 Å². The predicted octanol–water partition coefficient (Wildman–Crippen LogP) is 3.60. The fourth-order valence-corrected chi connectivity index (χ4v) is 4.83. The van der Waals surface area contributed by atoms with Crippen molar-refractivity contribution in [1.82, 2.24) is 25.1 Å². The molecule has 1 fully saturated rings. The number of carbonyl (C=O) groups excluding carboxylic acids is 2. The number of esters is 1. The monoisotopic (exact) mass is 529 g/mol. The molecule has 10 nitrogen and oxygen atoms in total. The first kappa shape index (κ1) is 25.4. The van der Waals surface area contributed by atoms with Crippen LogP contribution in [-0.4, -0.2) is 76.3 Å². The van der Waals surface area contributed by atoms with Gasteiger partial charge in [0.25, 0.3) is 0 Å². The molecule has 1 aliphatic heterocycles. The molecular weight excluding hydrogens is 502 g/mol. The maximum Gasteiger partial charge on any atom is 0.357 e. The van der Waals surface area contributed by atoms with E-state index in [0.29, 0.717) is 37.3 Å². The number of thiazole rings is 1. The Morgan fingerprint density at radius 1 is 0.895 bits per heavy atom. The average Bonchev–Trinajstić information content (AvgIpc) is 3.43. The molecule has 4 aromatic rings. The largest absolute Gasteiger partial charge is 0.461 e. The molecule has 1 saturated heterocycles. The van der Waals surface area contributed by atoms with Crippen LogP contribution in [0.15, 0.2) is 66.0 Å². The minimum atomic E-state index is -0.496. The van der Waals surface area contributed by atoms with Crippen LogP contribution in [0.1, 0.15) is 17.4 Å². The lowest BCUT2D eigenvalue weighted by atomic mass is 10.0. The molecule has 0 unspecified atom stereocenters. The number of hydrogen-bond donors (Lipinski definition) is 1. The highest BCUT2D eigenvalue weighted by molar-refractivity contribution is 7.14. The van der Waals surface area contributed by atoms with Crippen LogP contribution >= 0.6 is 11.3 Å². The standard InChI is InChI=1S/C27H27N7O3S/c1-2-37-25(36)21-18-38-27(28-21)29-22(35)17-33-13-15-34(16-14-33)26-30-23(19-9-5-3-6-10-19)24(31-32-26)20-11-7-4-8-12-20/h3-12,18H,2,13-17H2,1H3,(H,28,29,35). The van der Waals surface area contributed by atoms with Crippen LogP contribution in [0.3, 0.4) is 0 Å². The van der Waals surface area contributed by atoms with Crippen LogP contribution in [0.25, 0.3) is 22.5 Å². The molecule has 0 spiro atoms. The number of nitrogens with one attached hydrogen (secondary N) is 1. The van der Waals surface area contributed by atoms with Gasteiger partial charge < -0.3 is 15.0 Å². The van der Waals surface area contributed by atoms with Crippen molar-refractivity contribution in [2.24, 2.45) is 0 Å². The van der Waals surface area contributed by atoms with Gasteiger partial charge in [0.2, 0.25) is 11.9 Å². The fourth-order valence-electron chi connectivity index (χ4n) is 4.14. The van der Waals surface area contributed by atoms with Gasteiger partial charge >= 0.3 is 5.97 Å². The average molecular weight is 530 g/mol. The lowest BCUT2D eigenvalue weighted by molar-refractivity contribution is -0.117. The maximum absolute atomic E-state index is 12.6. The third-order valence-corrected chi connectivity index (χ3v) is 6.79. The molecule has 2 aromatic heterocycles. The van der Waals surface area contributed by atoms with E-state index in [4.69, 9.17) is 9.72 Å². The van der Waals surface area contributed by atoms with Crippen LogP contribution in [0, 0.1) is 0 Å². The summed E-state index contributed by atoms with van der Waals surface area (Å²) in [5, 5.41) is 13.8. The number of anilines is 2. The lowest BCUT2D eigenvalue weighted by Gasteiger charge is -2.34. The van der Waals surface area contributed by atoms with Crippen LogP contribution in [0.2, 0.25) is 0 Å². The first-order valence-electron chi connectivity index (χ1n) is 12.4. The van der Waals surface area contributed by atoms with Crippen molar-refractivity contribution in [3.05, 3.63) is 71.7 Å². The third-order valence-electron chi connectivity index (χ3n) is 6.03. The summed E-state index contributed by atoms with van der Waals surface area (Å²) in [4.78, 5) is 37.6. The highest BCUT2D eigenvalue weighted by Crippen LogP contribution is 2.29. The highest BCUT2D eigenvalue weighted by atomic mass is 32.1. The Labute approximate surface area is 224 Å². The predicted molar refractivity (Wildman–Crippen MR) is 146 cm³/mol. The van der Waals surface area contributed by atoms with Crippen LogP contribution in [0.4, 0.5) is 11.1 Å². The van der Waals surface area contributed by atoms with E-state index in [1.165, 1.54) is 11.3 Å². The molecule has 0 atom stereocenters. The molecule has 0 radical (unpaired) electrons. The Kier molecular flexibility index (Phi) is 7.95. The van der Waals surface area contributed by atoms with E-state index in [9.17, 15) is 9.59 Å². The Morgan fingerprint density at radius 2 is 1.55 bits per heavy atom. The number of carbonyl (C=O) groups is 2. The molecule has 1 N–H and O–H groups in total. The SMILES string of the molecule is CCOC(=O)c1csc(NC(=O)CN2CCN(c3nnc(-c4ccccc4)c(-c4ccccc4)n3)CC2)n1. The zero-order chi connectivity index (χ0) is 26.3. The molecule has 3 heterocycles. The number of amides is 1. The lowest BCUT2D eigenvalue weighted by Crippen LogP contribution is -2.49. The van der Waals surface area contributed by atoms with E-state index in [1.54, 1.807) is 12.3 Å². The van der Waals surface area contributed by atoms with Gasteiger partial charge in [-0.3, -0.25) is 9.69 Å². The fraction of sp³-hybridized carbons (Fsp3) is 0.259. The molecule has 5 rings (SSSR count). The summed E-state index contributed by atoms with van der Waals surface area (Å²) in [5.41, 5.74) is 3.66. The van der Waals surface area contributed by atoms with Gasteiger partial charge in [0.15, 0.2) is 10.8 Å². The third kappa shape index (κ3) is 6.01. The summed E-state index contributed by atoms with van der Waals surface area (Å²) in [6, 6.07) is 19.9. The van der Waals surface area contributed by atoms with E-state index < -0.39 is 5.97 Å². The summed E-state index contributed by atoms with van der Waals surface area (Å²) in [6.07, 6.45) is 0. The Hall–Kier alpha value is -4.22. The number of ether oxygens (including phenoxy) is 1. The van der Waals surface area contributed by atoms with Gasteiger partial charge in [0.05, 0.1) is 13.2 Å². The summed E-state index contributed by atoms with van der Waals surface area (Å²) in [6.45, 7) is 4.90. The minimum Gasteiger partial charge on any atom is -0.461 e. The van der Waals surface area contributed by atoms with E-state index >= 15 is 0 Å². The first-order chi connectivity index (χ1) is 18.6. The molecule has 11 heteroatoms. The van der Waals surface area contributed by atoms with Gasteiger partial charge in [-0.25, -0.2) is 14.8 Å². The van der Waals surface area contributed by atoms with E-state index in [-0.39, 0.29) is 24.8 Å². The van der Waals surface area contributed by atoms with Crippen molar-refractivity contribution in [3.8, 4) is 22.5 Å². The molecule has 1 aliphatic rings. The molecule has 194 valence electrons. The Morgan fingerprint density at radius 3 is 2.21 bits per heavy atom. The summed E-state index contributed by atoms with van der Waals surface area (Å²) < 4.78 is 4.94. The van der Waals surface area contributed by atoms with E-state index in [2.05, 4.69) is 30.3 Å². The second kappa shape index (κ2) is 11.9. The molecule has 0 saturated carbocycles. The van der Waals surface area contributed by atoms with E-state index in [1.807, 2.05) is 60.7 Å². The topological polar surface area (TPSA) is 113 Å². The molecular formula is C27H27N7O3S. The number of nitrogens with zero attached hydrogens (tertiary/aromatic N) is 6. The number of aromatic nitrogens is 4. The Balaban J connectivity index is 1.22. The second-order valence-electron chi connectivity index (χ2n) is 8.61. The van der Waals surface area contributed by atoms with Gasteiger partial charge in [-0.1, -0.05) is 60.7 Å². The van der Waals surface area contributed by atoms with E-state index in [0.717, 1.165) is 22.5 Å². The van der Waals surface area contributed by atoms with Crippen molar-refractivity contribution in [1.29, 1.82) is 0 Å². The van der Waals surface area contributed by atoms with Gasteiger partial charge in [0, 0.05) is 42.7 Å². The molecule has 2 aromatic carbocycles. The van der Waals surface area contributed by atoms with Crippen molar-refractivity contribution >= 4 is 34.3 Å². The van der Waals surface area contributed by atoms with Gasteiger partial charge in [-0.2, -0.15) is 0 Å². The van der Waals surface area contributed by atoms with Crippen LogP contribution < -0.4 is 10.2 Å². The Bertz CT molecular complexity index is 1390. The van der Waals surface area contributed by atoms with Crippen LogP contribution in [0.5, 0.6) is 0 Å². The normalized spacial score (nSPS) is 13.8. The maximum atomic E-state index is 12.6. The van der Waals surface area contributed by atoms with Crippen molar-refractivity contribution in [3.63, 3.8) is 0 Å². The first-order valence-corrected chi connectivity index (χ1v) is 13.2. The quantitative estimate of drug-likeness (QED) is 0.342. The number of rotatable bonds is 8. The molecule has 38 heavy (non-hydrogen) atoms. The molecule has 0 bridgehead atoms. The minimum absolute atomic E-state index is 0.181. The highest BCUT2D eigenvalue weighted by Gasteiger charge is 2.23. The zero-order valence-electron chi connectivity index (χ0n) is 20.9. The summed E-state index contributed by atoms with van der Waals surface area (Å²) >= 11 is 1.20. The van der Waals surface area contributed by atoms with Gasteiger partial charge in [0.1, 0.15) is 11.4 Å². The van der Waals surface area contributed by atoms with Crippen LogP contribution in [-0.2, 0) is 9.53 Å². The number of hydrogen-bond acceptors (Lipinski definition) is 10. The summed E-state index contributed by atoms with van der Waals surface area (Å²) in [7, 11) is 0. The number of benzene rings is 2. The van der Waals surface area contributed by atoms with Crippen molar-refractivity contribution < 1.29 is 14.3 Å². The molecule has 1 amide bonds.